The number of hydrogen-bond donors (Lipinski definition) is 4. The SMILES string of the molecule is CSCC[C@H](NC(=O)C(/C=C/C(/C=C/C(N)CS)C(C)C)C(C)C)C(=O)O. The average molecular weight is 417 g/mol. The number of allylic oxidation sites excluding steroid dienone is 2. The molecule has 0 fully saturated rings. The fraction of sp³-hybridized carbons (Fsp3) is 0.700. The third kappa shape index (κ3) is 10.9. The molecule has 5 nitrogen and oxygen atoms in total. The van der Waals surface area contributed by atoms with E-state index in [9.17, 15) is 14.7 Å². The normalized spacial score (nSPS) is 16.8. The van der Waals surface area contributed by atoms with Crippen LogP contribution in [0.2, 0.25) is 0 Å². The Balaban J connectivity index is 5.22. The minimum absolute atomic E-state index is 0.0627. The molecule has 3 unspecified atom stereocenters. The maximum atomic E-state index is 12.7. The molecular weight excluding hydrogens is 380 g/mol. The molecule has 0 bridgehead atoms. The smallest absolute Gasteiger partial charge is 0.326 e. The van der Waals surface area contributed by atoms with Crippen molar-refractivity contribution in [3.63, 3.8) is 0 Å². The highest BCUT2D eigenvalue weighted by atomic mass is 32.2. The number of nitrogens with two attached hydrogens (primary N) is 1. The number of carboxylic acid groups (broad SMARTS) is 1. The molecule has 0 aromatic carbocycles. The number of thioether (sulfide) groups is 1. The van der Waals surface area contributed by atoms with Crippen LogP contribution >= 0.6 is 24.4 Å². The first-order valence-electron chi connectivity index (χ1n) is 9.39. The zero-order valence-corrected chi connectivity index (χ0v) is 18.8. The van der Waals surface area contributed by atoms with Crippen molar-refractivity contribution < 1.29 is 14.7 Å². The molecule has 0 saturated heterocycles. The molecule has 156 valence electrons. The molecule has 4 atom stereocenters. The van der Waals surface area contributed by atoms with Crippen molar-refractivity contribution in [2.45, 2.75) is 46.2 Å². The average Bonchev–Trinajstić information content (AvgIpc) is 2.59. The van der Waals surface area contributed by atoms with E-state index in [4.69, 9.17) is 5.73 Å². The van der Waals surface area contributed by atoms with Gasteiger partial charge in [-0.3, -0.25) is 4.79 Å². The molecular formula is C20H36N2O3S2. The van der Waals surface area contributed by atoms with Gasteiger partial charge in [0.2, 0.25) is 5.91 Å². The number of amides is 1. The van der Waals surface area contributed by atoms with Crippen LogP contribution in [0, 0.1) is 23.7 Å². The molecule has 0 saturated carbocycles. The highest BCUT2D eigenvalue weighted by Crippen LogP contribution is 2.19. The van der Waals surface area contributed by atoms with Gasteiger partial charge in [0, 0.05) is 11.8 Å². The van der Waals surface area contributed by atoms with Crippen LogP contribution in [0.15, 0.2) is 24.3 Å². The van der Waals surface area contributed by atoms with Gasteiger partial charge in [-0.25, -0.2) is 4.79 Å². The van der Waals surface area contributed by atoms with Gasteiger partial charge in [0.1, 0.15) is 6.04 Å². The maximum Gasteiger partial charge on any atom is 0.326 e. The van der Waals surface area contributed by atoms with E-state index in [1.54, 1.807) is 11.8 Å². The fourth-order valence-corrected chi connectivity index (χ4v) is 3.05. The first kappa shape index (κ1) is 26.1. The van der Waals surface area contributed by atoms with Gasteiger partial charge in [0.15, 0.2) is 0 Å². The van der Waals surface area contributed by atoms with Crippen LogP contribution in [0.25, 0.3) is 0 Å². The van der Waals surface area contributed by atoms with Crippen molar-refractivity contribution in [1.82, 2.24) is 5.32 Å². The van der Waals surface area contributed by atoms with Gasteiger partial charge in [-0.15, -0.1) is 0 Å². The number of nitrogens with one attached hydrogen (secondary N) is 1. The van der Waals surface area contributed by atoms with Crippen molar-refractivity contribution in [3.8, 4) is 0 Å². The lowest BCUT2D eigenvalue weighted by molar-refractivity contribution is -0.142. The minimum Gasteiger partial charge on any atom is -0.480 e. The van der Waals surface area contributed by atoms with E-state index < -0.39 is 12.0 Å². The lowest BCUT2D eigenvalue weighted by atomic mass is 9.89. The number of thiol groups is 1. The maximum absolute atomic E-state index is 12.7. The van der Waals surface area contributed by atoms with Gasteiger partial charge in [-0.1, -0.05) is 52.0 Å². The second-order valence-electron chi connectivity index (χ2n) is 7.39. The van der Waals surface area contributed by atoms with E-state index in [2.05, 4.69) is 37.9 Å². The molecule has 27 heavy (non-hydrogen) atoms. The lowest BCUT2D eigenvalue weighted by Gasteiger charge is -2.21. The quantitative estimate of drug-likeness (QED) is 0.273. The van der Waals surface area contributed by atoms with Crippen LogP contribution < -0.4 is 11.1 Å². The van der Waals surface area contributed by atoms with Crippen molar-refractivity contribution in [2.24, 2.45) is 29.4 Å². The Labute approximate surface area is 174 Å². The highest BCUT2D eigenvalue weighted by molar-refractivity contribution is 7.98. The monoisotopic (exact) mass is 416 g/mol. The van der Waals surface area contributed by atoms with E-state index in [1.807, 2.05) is 38.3 Å². The predicted molar refractivity (Wildman–Crippen MR) is 119 cm³/mol. The first-order chi connectivity index (χ1) is 12.6. The highest BCUT2D eigenvalue weighted by Gasteiger charge is 2.25. The van der Waals surface area contributed by atoms with Crippen LogP contribution in [-0.2, 0) is 9.59 Å². The summed E-state index contributed by atoms with van der Waals surface area (Å²) in [4.78, 5) is 24.1. The molecule has 0 radical (unpaired) electrons. The summed E-state index contributed by atoms with van der Waals surface area (Å²) in [6.07, 6.45) is 10.2. The van der Waals surface area contributed by atoms with Crippen molar-refractivity contribution in [3.05, 3.63) is 24.3 Å². The number of carbonyl (C=O) groups excluding carboxylic acids is 1. The Kier molecular flexibility index (Phi) is 13.6. The Bertz CT molecular complexity index is 507. The first-order valence-corrected chi connectivity index (χ1v) is 11.4. The number of carbonyl (C=O) groups is 2. The van der Waals surface area contributed by atoms with E-state index in [1.165, 1.54) is 0 Å². The summed E-state index contributed by atoms with van der Waals surface area (Å²) in [5.41, 5.74) is 5.89. The third-order valence-corrected chi connectivity index (χ3v) is 5.41. The standard InChI is InChI=1S/C20H36N2O3S2/c1-13(2)15(6-8-16(21)12-26)7-9-17(14(3)4)19(23)22-18(20(24)25)10-11-27-5/h6-9,13-18,26H,10-12,21H2,1-5H3,(H,22,23)(H,24,25)/b8-6+,9-7+/t15?,16?,17?,18-/m0/s1. The number of rotatable bonds is 13. The summed E-state index contributed by atoms with van der Waals surface area (Å²) in [6.45, 7) is 8.14. The zero-order valence-electron chi connectivity index (χ0n) is 17.1. The molecule has 0 aliphatic rings. The second-order valence-corrected chi connectivity index (χ2v) is 8.74. The Morgan fingerprint density at radius 2 is 1.70 bits per heavy atom. The van der Waals surface area contributed by atoms with E-state index in [0.29, 0.717) is 23.8 Å². The van der Waals surface area contributed by atoms with E-state index in [-0.39, 0.29) is 29.7 Å². The van der Waals surface area contributed by atoms with Crippen LogP contribution in [0.3, 0.4) is 0 Å². The summed E-state index contributed by atoms with van der Waals surface area (Å²) in [7, 11) is 0. The Morgan fingerprint density at radius 3 is 2.15 bits per heavy atom. The fourth-order valence-electron chi connectivity index (χ4n) is 2.46. The molecule has 0 aliphatic carbocycles. The molecule has 0 heterocycles. The van der Waals surface area contributed by atoms with E-state index in [0.717, 1.165) is 0 Å². The molecule has 1 amide bonds. The van der Waals surface area contributed by atoms with Crippen molar-refractivity contribution in [2.75, 3.05) is 17.8 Å². The van der Waals surface area contributed by atoms with Crippen LogP contribution in [0.4, 0.5) is 0 Å². The summed E-state index contributed by atoms with van der Waals surface area (Å²) >= 11 is 5.75. The van der Waals surface area contributed by atoms with Gasteiger partial charge in [-0.2, -0.15) is 24.4 Å². The molecule has 0 aromatic heterocycles. The largest absolute Gasteiger partial charge is 0.480 e. The van der Waals surface area contributed by atoms with Crippen molar-refractivity contribution in [1.29, 1.82) is 0 Å². The predicted octanol–water partition coefficient (Wildman–Crippen LogP) is 3.22. The second kappa shape index (κ2) is 14.1. The summed E-state index contributed by atoms with van der Waals surface area (Å²) in [6, 6.07) is -0.950. The lowest BCUT2D eigenvalue weighted by Crippen LogP contribution is -2.44. The third-order valence-electron chi connectivity index (χ3n) is 4.35. The minimum atomic E-state index is -0.993. The van der Waals surface area contributed by atoms with Gasteiger partial charge in [-0.05, 0) is 36.2 Å². The molecule has 0 aliphatic heterocycles. The number of hydrogen-bond acceptors (Lipinski definition) is 5. The molecule has 0 spiro atoms. The Morgan fingerprint density at radius 1 is 1.11 bits per heavy atom. The number of carboxylic acids is 1. The van der Waals surface area contributed by atoms with Crippen LogP contribution in [0.1, 0.15) is 34.1 Å². The number of aliphatic carboxylic acids is 1. The summed E-state index contributed by atoms with van der Waals surface area (Å²) in [5, 5.41) is 12.0. The zero-order chi connectivity index (χ0) is 21.0. The van der Waals surface area contributed by atoms with Gasteiger partial charge >= 0.3 is 5.97 Å². The summed E-state index contributed by atoms with van der Waals surface area (Å²) in [5.74, 6) is 0.216. The molecule has 7 heteroatoms. The molecule has 0 aromatic rings. The van der Waals surface area contributed by atoms with Gasteiger partial charge < -0.3 is 16.2 Å². The molecule has 0 rings (SSSR count). The van der Waals surface area contributed by atoms with Crippen LogP contribution in [-0.4, -0.2) is 46.8 Å². The van der Waals surface area contributed by atoms with Gasteiger partial charge in [0.05, 0.1) is 5.92 Å². The van der Waals surface area contributed by atoms with Gasteiger partial charge in [0.25, 0.3) is 0 Å². The van der Waals surface area contributed by atoms with E-state index >= 15 is 0 Å². The topological polar surface area (TPSA) is 92.4 Å². The van der Waals surface area contributed by atoms with Crippen LogP contribution in [0.5, 0.6) is 0 Å². The van der Waals surface area contributed by atoms with Crippen molar-refractivity contribution >= 4 is 36.3 Å². The Hall–Kier alpha value is -0.920. The molecule has 4 N–H and O–H groups in total. The summed E-state index contributed by atoms with van der Waals surface area (Å²) < 4.78 is 0.